The summed E-state index contributed by atoms with van der Waals surface area (Å²) in [7, 11) is 0. The monoisotopic (exact) mass is 476 g/mol. The number of benzene rings is 1. The molecule has 35 heavy (non-hydrogen) atoms. The van der Waals surface area contributed by atoms with Crippen LogP contribution in [0.15, 0.2) is 60.3 Å². The summed E-state index contributed by atoms with van der Waals surface area (Å²) in [4.78, 5) is 31.1. The van der Waals surface area contributed by atoms with E-state index < -0.39 is 11.6 Å². The molecule has 2 fully saturated rings. The number of hydrogen-bond donors (Lipinski definition) is 0. The summed E-state index contributed by atoms with van der Waals surface area (Å²) in [6.07, 6.45) is 6.88. The second-order valence-corrected chi connectivity index (χ2v) is 10.0. The van der Waals surface area contributed by atoms with Crippen LogP contribution in [0.3, 0.4) is 0 Å². The van der Waals surface area contributed by atoms with Crippen molar-refractivity contribution in [3.05, 3.63) is 66.5 Å². The van der Waals surface area contributed by atoms with Crippen molar-refractivity contribution in [1.82, 2.24) is 14.7 Å². The molecule has 1 aromatic heterocycles. The molecule has 4 rings (SSSR count). The van der Waals surface area contributed by atoms with E-state index in [1.165, 1.54) is 16.9 Å². The van der Waals surface area contributed by atoms with Gasteiger partial charge in [0, 0.05) is 24.8 Å². The first-order valence-corrected chi connectivity index (χ1v) is 11.8. The maximum Gasteiger partial charge on any atom is 0.359 e. The van der Waals surface area contributed by atoms with Gasteiger partial charge in [0.05, 0.1) is 11.8 Å². The lowest BCUT2D eigenvalue weighted by atomic mass is 10.0. The van der Waals surface area contributed by atoms with Crippen molar-refractivity contribution in [3.63, 3.8) is 0 Å². The highest BCUT2D eigenvalue weighted by Crippen LogP contribution is 2.40. The Bertz CT molecular complexity index is 1150. The Morgan fingerprint density at radius 2 is 1.89 bits per heavy atom. The first-order valence-electron chi connectivity index (χ1n) is 11.8. The number of likely N-dealkylation sites (tertiary alicyclic amines) is 1. The number of esters is 1. The Kier molecular flexibility index (Phi) is 6.91. The number of nitrogens with zero attached hydrogens (tertiary/aromatic N) is 4. The fraction of sp³-hybridized carbons (Fsp3) is 0.407. The number of carbonyl (C=O) groups excluding carboxylic acids is 2. The molecule has 1 aliphatic heterocycles. The lowest BCUT2D eigenvalue weighted by molar-refractivity contribution is 0.00623. The minimum atomic E-state index is -0.621. The summed E-state index contributed by atoms with van der Waals surface area (Å²) in [5, 5.41) is 4.15. The number of allylic oxidation sites excluding steroid dienone is 2. The van der Waals surface area contributed by atoms with E-state index in [0.717, 1.165) is 29.9 Å². The van der Waals surface area contributed by atoms with Crippen LogP contribution < -0.4 is 4.74 Å². The van der Waals surface area contributed by atoms with Crippen molar-refractivity contribution in [3.8, 4) is 5.75 Å². The number of aromatic nitrogens is 2. The highest BCUT2D eigenvalue weighted by atomic mass is 16.6. The normalized spacial score (nSPS) is 22.0. The van der Waals surface area contributed by atoms with Gasteiger partial charge in [-0.1, -0.05) is 24.8 Å². The number of carbonyl (C=O) groups is 2. The molecule has 0 bridgehead atoms. The molecule has 0 radical (unpaired) electrons. The predicted octanol–water partition coefficient (Wildman–Crippen LogP) is 4.82. The van der Waals surface area contributed by atoms with Gasteiger partial charge in [0.1, 0.15) is 11.4 Å². The zero-order valence-corrected chi connectivity index (χ0v) is 20.5. The molecular formula is C27H32N4O4. The van der Waals surface area contributed by atoms with Crippen LogP contribution >= 0.6 is 0 Å². The summed E-state index contributed by atoms with van der Waals surface area (Å²) in [6, 6.07) is 9.11. The van der Waals surface area contributed by atoms with E-state index in [1.807, 2.05) is 30.3 Å². The summed E-state index contributed by atoms with van der Waals surface area (Å²) in [6.45, 7) is 14.0. The van der Waals surface area contributed by atoms with Crippen LogP contribution in [0.25, 0.3) is 5.70 Å². The van der Waals surface area contributed by atoms with Gasteiger partial charge in [-0.25, -0.2) is 9.59 Å². The van der Waals surface area contributed by atoms with Gasteiger partial charge in [0.25, 0.3) is 0 Å². The Balaban J connectivity index is 1.33. The minimum absolute atomic E-state index is 0.101. The summed E-state index contributed by atoms with van der Waals surface area (Å²) in [5.41, 5.74) is 1.18. The second-order valence-electron chi connectivity index (χ2n) is 10.0. The molecule has 2 atom stereocenters. The van der Waals surface area contributed by atoms with Crippen molar-refractivity contribution in [2.45, 2.75) is 45.3 Å². The summed E-state index contributed by atoms with van der Waals surface area (Å²) < 4.78 is 12.8. The molecule has 0 N–H and O–H groups in total. The topological polar surface area (TPSA) is 86.0 Å². The number of amides is 1. The van der Waals surface area contributed by atoms with Gasteiger partial charge in [-0.05, 0) is 76.4 Å². The Morgan fingerprint density at radius 3 is 2.51 bits per heavy atom. The minimum Gasteiger partial charge on any atom is -0.490 e. The standard InChI is InChI=1S/C27H32N4O4/c1-6-8-23(28-5)18-9-7-10-21(13-18)34-22-14-19-16-30(17-20(19)15-22)26(33)31-12-11-24(29-31)25(32)35-27(2,3)4/h6-13,19-20,22H,1,5,14-17H2,2-4H3/b23-8-. The molecule has 2 aromatic rings. The first-order chi connectivity index (χ1) is 16.7. The number of fused-ring (bicyclic) bond motifs is 1. The van der Waals surface area contributed by atoms with Gasteiger partial charge in [-0.2, -0.15) is 9.78 Å². The third-order valence-corrected chi connectivity index (χ3v) is 6.25. The molecule has 2 unspecified atom stereocenters. The zero-order valence-electron chi connectivity index (χ0n) is 20.5. The number of hydrogen-bond acceptors (Lipinski definition) is 6. The molecule has 8 nitrogen and oxygen atoms in total. The van der Waals surface area contributed by atoms with E-state index in [4.69, 9.17) is 9.47 Å². The Labute approximate surface area is 205 Å². The molecule has 1 saturated heterocycles. The van der Waals surface area contributed by atoms with Crippen LogP contribution in [0, 0.1) is 11.8 Å². The van der Waals surface area contributed by atoms with Crippen LogP contribution in [-0.4, -0.2) is 58.2 Å². The zero-order chi connectivity index (χ0) is 25.2. The third-order valence-electron chi connectivity index (χ3n) is 6.25. The highest BCUT2D eigenvalue weighted by molar-refractivity contribution is 5.88. The van der Waals surface area contributed by atoms with Gasteiger partial charge in [-0.3, -0.25) is 4.99 Å². The second kappa shape index (κ2) is 9.90. The predicted molar refractivity (Wildman–Crippen MR) is 135 cm³/mol. The van der Waals surface area contributed by atoms with Gasteiger partial charge < -0.3 is 14.4 Å². The van der Waals surface area contributed by atoms with E-state index in [-0.39, 0.29) is 17.8 Å². The lowest BCUT2D eigenvalue weighted by Gasteiger charge is -2.20. The average molecular weight is 477 g/mol. The van der Waals surface area contributed by atoms with E-state index in [2.05, 4.69) is 23.4 Å². The molecule has 0 spiro atoms. The quantitative estimate of drug-likeness (QED) is 0.339. The van der Waals surface area contributed by atoms with Crippen molar-refractivity contribution in [1.29, 1.82) is 0 Å². The van der Waals surface area contributed by atoms with Crippen molar-refractivity contribution >= 4 is 24.4 Å². The fourth-order valence-corrected chi connectivity index (χ4v) is 4.78. The molecule has 2 heterocycles. The average Bonchev–Trinajstić information content (AvgIpc) is 3.51. The molecular weight excluding hydrogens is 444 g/mol. The van der Waals surface area contributed by atoms with E-state index >= 15 is 0 Å². The van der Waals surface area contributed by atoms with Gasteiger partial charge in [0.2, 0.25) is 0 Å². The maximum atomic E-state index is 13.0. The Hall–Kier alpha value is -3.68. The van der Waals surface area contributed by atoms with Crippen LogP contribution in [0.2, 0.25) is 0 Å². The van der Waals surface area contributed by atoms with E-state index in [9.17, 15) is 9.59 Å². The number of rotatable bonds is 6. The van der Waals surface area contributed by atoms with Crippen LogP contribution in [0.1, 0.15) is 49.7 Å². The van der Waals surface area contributed by atoms with Gasteiger partial charge in [0.15, 0.2) is 5.69 Å². The van der Waals surface area contributed by atoms with Crippen molar-refractivity contribution in [2.24, 2.45) is 16.8 Å². The number of ether oxygens (including phenoxy) is 2. The lowest BCUT2D eigenvalue weighted by Crippen LogP contribution is -2.35. The summed E-state index contributed by atoms with van der Waals surface area (Å²) in [5.74, 6) is 1.01. The van der Waals surface area contributed by atoms with Crippen LogP contribution in [0.4, 0.5) is 4.79 Å². The molecule has 8 heteroatoms. The fourth-order valence-electron chi connectivity index (χ4n) is 4.78. The van der Waals surface area contributed by atoms with Gasteiger partial charge in [-0.15, -0.1) is 0 Å². The summed E-state index contributed by atoms with van der Waals surface area (Å²) >= 11 is 0. The van der Waals surface area contributed by atoms with E-state index in [0.29, 0.717) is 24.9 Å². The highest BCUT2D eigenvalue weighted by Gasteiger charge is 2.43. The van der Waals surface area contributed by atoms with Crippen molar-refractivity contribution in [2.75, 3.05) is 13.1 Å². The molecule has 184 valence electrons. The smallest absolute Gasteiger partial charge is 0.359 e. The molecule has 1 saturated carbocycles. The largest absolute Gasteiger partial charge is 0.490 e. The first kappa shape index (κ1) is 24.4. The van der Waals surface area contributed by atoms with E-state index in [1.54, 1.807) is 31.7 Å². The third kappa shape index (κ3) is 5.70. The van der Waals surface area contributed by atoms with Gasteiger partial charge >= 0.3 is 12.0 Å². The SMILES string of the molecule is C=C/C=C(\N=C)c1cccc(OC2CC3CN(C(=O)n4ccc(C(=O)OC(C)(C)C)n4)CC3C2)c1. The maximum absolute atomic E-state index is 13.0. The Morgan fingerprint density at radius 1 is 1.17 bits per heavy atom. The molecule has 2 aliphatic rings. The van der Waals surface area contributed by atoms with Crippen molar-refractivity contribution < 1.29 is 19.1 Å². The molecule has 1 aromatic carbocycles. The number of aliphatic imine (C=N–C) groups is 1. The van der Waals surface area contributed by atoms with Crippen LogP contribution in [0.5, 0.6) is 5.75 Å². The molecule has 1 amide bonds. The molecule has 1 aliphatic carbocycles. The van der Waals surface area contributed by atoms with Crippen LogP contribution in [-0.2, 0) is 4.74 Å².